The quantitative estimate of drug-likeness (QED) is 0.684. The Balaban J connectivity index is 1.39. The number of fused-ring (bicyclic) bond motifs is 1. The first kappa shape index (κ1) is 19.3. The number of carbonyl (C=O) groups is 1. The molecule has 1 amide bonds. The van der Waals surface area contributed by atoms with E-state index in [-0.39, 0.29) is 5.91 Å². The SMILES string of the molecule is CCc1cc(NCC2(O)CCN(C(=O)c3nccc4occc34)CC2)nc(C)n1. The van der Waals surface area contributed by atoms with Crippen molar-refractivity contribution in [2.45, 2.75) is 38.7 Å². The summed E-state index contributed by atoms with van der Waals surface area (Å²) in [4.78, 5) is 27.7. The van der Waals surface area contributed by atoms with Gasteiger partial charge in [0.15, 0.2) is 0 Å². The number of hydrogen-bond acceptors (Lipinski definition) is 7. The van der Waals surface area contributed by atoms with Gasteiger partial charge in [0.05, 0.1) is 17.3 Å². The Bertz CT molecular complexity index is 1020. The van der Waals surface area contributed by atoms with E-state index in [1.54, 1.807) is 29.5 Å². The number of nitrogens with one attached hydrogen (secondary N) is 1. The molecule has 1 aliphatic rings. The molecule has 2 N–H and O–H groups in total. The smallest absolute Gasteiger partial charge is 0.273 e. The van der Waals surface area contributed by atoms with Crippen LogP contribution < -0.4 is 5.32 Å². The van der Waals surface area contributed by atoms with E-state index in [9.17, 15) is 9.90 Å². The molecule has 1 saturated heterocycles. The van der Waals surface area contributed by atoms with Gasteiger partial charge in [0.2, 0.25) is 0 Å². The molecule has 1 aliphatic heterocycles. The number of aryl methyl sites for hydroxylation is 2. The van der Waals surface area contributed by atoms with Gasteiger partial charge in [0, 0.05) is 37.6 Å². The summed E-state index contributed by atoms with van der Waals surface area (Å²) in [5.74, 6) is 1.29. The third kappa shape index (κ3) is 4.07. The van der Waals surface area contributed by atoms with Crippen LogP contribution in [0.3, 0.4) is 0 Å². The lowest BCUT2D eigenvalue weighted by Crippen LogP contribution is -2.50. The van der Waals surface area contributed by atoms with Gasteiger partial charge in [-0.3, -0.25) is 9.78 Å². The van der Waals surface area contributed by atoms with E-state index in [1.165, 1.54) is 0 Å². The fraction of sp³-hybridized carbons (Fsp3) is 0.429. The highest BCUT2D eigenvalue weighted by Gasteiger charge is 2.35. The van der Waals surface area contributed by atoms with Gasteiger partial charge >= 0.3 is 0 Å². The minimum atomic E-state index is -0.892. The number of rotatable bonds is 5. The zero-order valence-corrected chi connectivity index (χ0v) is 16.7. The molecule has 0 aromatic carbocycles. The molecule has 0 spiro atoms. The lowest BCUT2D eigenvalue weighted by atomic mass is 9.91. The molecule has 3 aromatic heterocycles. The third-order valence-electron chi connectivity index (χ3n) is 5.42. The predicted molar refractivity (Wildman–Crippen MR) is 109 cm³/mol. The second-order valence-electron chi connectivity index (χ2n) is 7.51. The summed E-state index contributed by atoms with van der Waals surface area (Å²) in [7, 11) is 0. The Morgan fingerprint density at radius 2 is 2.10 bits per heavy atom. The summed E-state index contributed by atoms with van der Waals surface area (Å²) in [5, 5.41) is 14.9. The molecule has 4 heterocycles. The molecule has 8 nitrogen and oxygen atoms in total. The zero-order chi connectivity index (χ0) is 20.4. The van der Waals surface area contributed by atoms with E-state index < -0.39 is 5.60 Å². The van der Waals surface area contributed by atoms with Crippen molar-refractivity contribution in [2.75, 3.05) is 25.0 Å². The number of aromatic nitrogens is 3. The Hall–Kier alpha value is -3.00. The third-order valence-corrected chi connectivity index (χ3v) is 5.42. The summed E-state index contributed by atoms with van der Waals surface area (Å²) >= 11 is 0. The highest BCUT2D eigenvalue weighted by atomic mass is 16.3. The zero-order valence-electron chi connectivity index (χ0n) is 16.7. The number of pyridine rings is 1. The first-order chi connectivity index (χ1) is 14.0. The maximum atomic E-state index is 12.9. The van der Waals surface area contributed by atoms with Gasteiger partial charge in [0.25, 0.3) is 5.91 Å². The van der Waals surface area contributed by atoms with Crippen molar-refractivity contribution in [3.63, 3.8) is 0 Å². The van der Waals surface area contributed by atoms with E-state index >= 15 is 0 Å². The van der Waals surface area contributed by atoms with Crippen molar-refractivity contribution in [2.24, 2.45) is 0 Å². The van der Waals surface area contributed by atoms with Crippen LogP contribution in [-0.4, -0.2) is 56.1 Å². The highest BCUT2D eigenvalue weighted by molar-refractivity contribution is 6.03. The van der Waals surface area contributed by atoms with Crippen LogP contribution in [0.25, 0.3) is 11.0 Å². The second-order valence-corrected chi connectivity index (χ2v) is 7.51. The minimum absolute atomic E-state index is 0.133. The fourth-order valence-corrected chi connectivity index (χ4v) is 3.67. The number of likely N-dealkylation sites (tertiary alicyclic amines) is 1. The summed E-state index contributed by atoms with van der Waals surface area (Å²) in [6, 6.07) is 5.41. The molecule has 29 heavy (non-hydrogen) atoms. The molecular formula is C21H25N5O3. The molecule has 0 atom stereocenters. The molecular weight excluding hydrogens is 370 g/mol. The lowest BCUT2D eigenvalue weighted by Gasteiger charge is -2.38. The number of furan rings is 1. The number of carbonyl (C=O) groups excluding carboxylic acids is 1. The highest BCUT2D eigenvalue weighted by Crippen LogP contribution is 2.26. The summed E-state index contributed by atoms with van der Waals surface area (Å²) < 4.78 is 5.36. The number of hydrogen-bond donors (Lipinski definition) is 2. The predicted octanol–water partition coefficient (Wildman–Crippen LogP) is 2.57. The van der Waals surface area contributed by atoms with Gasteiger partial charge in [0.1, 0.15) is 22.9 Å². The second kappa shape index (κ2) is 7.79. The summed E-state index contributed by atoms with van der Waals surface area (Å²) in [6.07, 6.45) is 4.94. The van der Waals surface area contributed by atoms with Crippen LogP contribution in [0.15, 0.2) is 35.1 Å². The number of anilines is 1. The molecule has 0 aliphatic carbocycles. The summed E-state index contributed by atoms with van der Waals surface area (Å²) in [6.45, 7) is 5.22. The maximum absolute atomic E-state index is 12.9. The lowest BCUT2D eigenvalue weighted by molar-refractivity contribution is -0.00658. The molecule has 1 fully saturated rings. The van der Waals surface area contributed by atoms with E-state index in [2.05, 4.69) is 20.3 Å². The van der Waals surface area contributed by atoms with Crippen LogP contribution in [0.2, 0.25) is 0 Å². The molecule has 4 rings (SSSR count). The molecule has 0 bridgehead atoms. The monoisotopic (exact) mass is 395 g/mol. The Morgan fingerprint density at radius 1 is 1.31 bits per heavy atom. The van der Waals surface area contributed by atoms with Crippen LogP contribution in [0.5, 0.6) is 0 Å². The number of piperidine rings is 1. The largest absolute Gasteiger partial charge is 0.464 e. The molecule has 0 saturated carbocycles. The number of nitrogens with zero attached hydrogens (tertiary/aromatic N) is 4. The van der Waals surface area contributed by atoms with Gasteiger partial charge in [-0.15, -0.1) is 0 Å². The van der Waals surface area contributed by atoms with Gasteiger partial charge in [-0.05, 0) is 38.3 Å². The first-order valence-corrected chi connectivity index (χ1v) is 9.90. The van der Waals surface area contributed by atoms with Gasteiger partial charge < -0.3 is 19.7 Å². The van der Waals surface area contributed by atoms with E-state index in [4.69, 9.17) is 4.42 Å². The van der Waals surface area contributed by atoms with E-state index in [0.29, 0.717) is 55.0 Å². The summed E-state index contributed by atoms with van der Waals surface area (Å²) in [5.41, 5.74) is 1.11. The minimum Gasteiger partial charge on any atom is -0.464 e. The van der Waals surface area contributed by atoms with Crippen LogP contribution in [0.1, 0.15) is 41.8 Å². The van der Waals surface area contributed by atoms with Crippen molar-refractivity contribution < 1.29 is 14.3 Å². The van der Waals surface area contributed by atoms with Crippen molar-refractivity contribution in [1.29, 1.82) is 0 Å². The molecule has 3 aromatic rings. The van der Waals surface area contributed by atoms with Crippen LogP contribution >= 0.6 is 0 Å². The van der Waals surface area contributed by atoms with Crippen molar-refractivity contribution >= 4 is 22.7 Å². The topological polar surface area (TPSA) is 104 Å². The molecule has 152 valence electrons. The van der Waals surface area contributed by atoms with Gasteiger partial charge in [-0.2, -0.15) is 0 Å². The Kier molecular flexibility index (Phi) is 5.19. The van der Waals surface area contributed by atoms with Crippen molar-refractivity contribution in [3.8, 4) is 0 Å². The number of amides is 1. The molecule has 8 heteroatoms. The fourth-order valence-electron chi connectivity index (χ4n) is 3.67. The molecule has 0 unspecified atom stereocenters. The standard InChI is InChI=1S/C21H25N5O3/c1-3-15-12-18(25-14(2)24-15)23-13-21(28)6-9-26(10-7-21)20(27)19-16-5-11-29-17(16)4-8-22-19/h4-5,8,11-12,28H,3,6-7,9-10,13H2,1-2H3,(H,23,24,25). The van der Waals surface area contributed by atoms with Crippen molar-refractivity contribution in [1.82, 2.24) is 19.9 Å². The van der Waals surface area contributed by atoms with E-state index in [0.717, 1.165) is 17.9 Å². The first-order valence-electron chi connectivity index (χ1n) is 9.90. The van der Waals surface area contributed by atoms with Gasteiger partial charge in [-0.25, -0.2) is 9.97 Å². The number of aliphatic hydroxyl groups is 1. The van der Waals surface area contributed by atoms with Crippen LogP contribution in [0, 0.1) is 6.92 Å². The molecule has 0 radical (unpaired) electrons. The average Bonchev–Trinajstić information content (AvgIpc) is 3.21. The van der Waals surface area contributed by atoms with E-state index in [1.807, 2.05) is 19.9 Å². The van der Waals surface area contributed by atoms with Crippen LogP contribution in [-0.2, 0) is 6.42 Å². The Labute approximate surface area is 169 Å². The van der Waals surface area contributed by atoms with Gasteiger partial charge in [-0.1, -0.05) is 6.92 Å². The average molecular weight is 395 g/mol. The maximum Gasteiger partial charge on any atom is 0.273 e. The van der Waals surface area contributed by atoms with Crippen molar-refractivity contribution in [3.05, 3.63) is 47.9 Å². The Morgan fingerprint density at radius 3 is 2.86 bits per heavy atom. The normalized spacial score (nSPS) is 16.2. The van der Waals surface area contributed by atoms with Crippen LogP contribution in [0.4, 0.5) is 5.82 Å².